The molecule has 1 aliphatic heterocycles. The fraction of sp³-hybridized carbons (Fsp3) is 0.333. The summed E-state index contributed by atoms with van der Waals surface area (Å²) >= 11 is 13.5. The number of rotatable bonds is 4. The molecule has 2 N–H and O–H groups in total. The Morgan fingerprint density at radius 1 is 1.29 bits per heavy atom. The van der Waals surface area contributed by atoms with Crippen LogP contribution in [0.5, 0.6) is 0 Å². The van der Waals surface area contributed by atoms with Crippen LogP contribution < -0.4 is 5.73 Å². The lowest BCUT2D eigenvalue weighted by Gasteiger charge is -2.08. The average Bonchev–Trinajstić information content (AvgIpc) is 3.08. The van der Waals surface area contributed by atoms with Crippen LogP contribution in [0, 0.1) is 0 Å². The zero-order valence-electron chi connectivity index (χ0n) is 11.1. The summed E-state index contributed by atoms with van der Waals surface area (Å²) in [6, 6.07) is 1.49. The zero-order chi connectivity index (χ0) is 15.0. The fourth-order valence-corrected chi connectivity index (χ4v) is 3.29. The van der Waals surface area contributed by atoms with Gasteiger partial charge in [-0.3, -0.25) is 0 Å². The van der Waals surface area contributed by atoms with Crippen molar-refractivity contribution < 1.29 is 0 Å². The van der Waals surface area contributed by atoms with Crippen LogP contribution >= 0.6 is 23.2 Å². The highest BCUT2D eigenvalue weighted by Crippen LogP contribution is 2.46. The first-order valence-electron chi connectivity index (χ1n) is 6.40. The van der Waals surface area contributed by atoms with Crippen molar-refractivity contribution in [1.29, 1.82) is 0 Å². The van der Waals surface area contributed by atoms with E-state index in [1.165, 1.54) is 0 Å². The molecule has 3 rings (SSSR count). The Bertz CT molecular complexity index is 765. The topological polar surface area (TPSA) is 81.5 Å². The minimum Gasteiger partial charge on any atom is -0.323 e. The Hall–Kier alpha value is -1.28. The standard InChI is InChI=1S/C12H12Cl2N6S/c1-2-3-8(15)9-5-20(19-16-9)12-7(14)4-6(13)10-11(12)18-21-17-10/h4-5,8H,2-3,15H2,1H3. The maximum atomic E-state index is 6.28. The third-order valence-corrected chi connectivity index (χ3v) is 4.24. The van der Waals surface area contributed by atoms with E-state index in [-0.39, 0.29) is 6.04 Å². The molecule has 0 bridgehead atoms. The Labute approximate surface area is 135 Å². The smallest absolute Gasteiger partial charge is 0.133 e. The predicted octanol–water partition coefficient (Wildman–Crippen LogP) is 4.10. The van der Waals surface area contributed by atoms with E-state index in [0.717, 1.165) is 29.9 Å². The number of nitrogens with two attached hydrogens (primary N) is 1. The number of fused-ring (bicyclic) bond motifs is 1. The molecule has 0 saturated heterocycles. The van der Waals surface area contributed by atoms with Crippen LogP contribution in [0.25, 0.3) is 5.69 Å². The fourth-order valence-electron chi connectivity index (χ4n) is 2.09. The van der Waals surface area contributed by atoms with E-state index in [2.05, 4.69) is 26.0 Å². The Morgan fingerprint density at radius 2 is 2.05 bits per heavy atom. The van der Waals surface area contributed by atoms with Crippen molar-refractivity contribution in [2.24, 2.45) is 14.5 Å². The second-order valence-electron chi connectivity index (χ2n) is 4.63. The van der Waals surface area contributed by atoms with E-state index in [1.807, 2.05) is 0 Å². The minimum atomic E-state index is -0.140. The molecule has 21 heavy (non-hydrogen) atoms. The summed E-state index contributed by atoms with van der Waals surface area (Å²) in [7, 11) is 0. The van der Waals surface area contributed by atoms with Crippen LogP contribution in [0.3, 0.4) is 0 Å². The van der Waals surface area contributed by atoms with Crippen LogP contribution in [0.2, 0.25) is 10.0 Å². The summed E-state index contributed by atoms with van der Waals surface area (Å²) in [5, 5.41) is 9.14. The highest BCUT2D eigenvalue weighted by molar-refractivity contribution is 7.58. The summed E-state index contributed by atoms with van der Waals surface area (Å²) < 4.78 is 10.00. The monoisotopic (exact) mass is 342 g/mol. The number of hydrogen-bond acceptors (Lipinski definition) is 5. The quantitative estimate of drug-likeness (QED) is 0.774. The first kappa shape index (κ1) is 14.6. The third-order valence-electron chi connectivity index (χ3n) is 3.14. The van der Waals surface area contributed by atoms with Crippen molar-refractivity contribution in [2.75, 3.05) is 0 Å². The van der Waals surface area contributed by atoms with Crippen molar-refractivity contribution in [1.82, 2.24) is 15.0 Å². The van der Waals surface area contributed by atoms with Crippen molar-refractivity contribution in [3.05, 3.63) is 28.0 Å². The summed E-state index contributed by atoms with van der Waals surface area (Å²) in [6.45, 7) is 2.07. The lowest BCUT2D eigenvalue weighted by atomic mass is 10.1. The van der Waals surface area contributed by atoms with Crippen molar-refractivity contribution in [3.8, 4) is 5.69 Å². The van der Waals surface area contributed by atoms with Gasteiger partial charge in [-0.25, -0.2) is 4.68 Å². The van der Waals surface area contributed by atoms with E-state index < -0.39 is 0 Å². The molecular weight excluding hydrogens is 331 g/mol. The largest absolute Gasteiger partial charge is 0.323 e. The molecule has 0 radical (unpaired) electrons. The molecule has 0 fully saturated rings. The average molecular weight is 343 g/mol. The van der Waals surface area contributed by atoms with Crippen LogP contribution in [-0.2, 0) is 11.4 Å². The maximum Gasteiger partial charge on any atom is 0.133 e. The van der Waals surface area contributed by atoms with E-state index in [9.17, 15) is 0 Å². The number of aromatic nitrogens is 3. The van der Waals surface area contributed by atoms with Gasteiger partial charge in [0, 0.05) is 0 Å². The molecule has 1 aromatic heterocycles. The van der Waals surface area contributed by atoms with Crippen molar-refractivity contribution in [2.45, 2.75) is 25.8 Å². The van der Waals surface area contributed by atoms with Gasteiger partial charge in [0.25, 0.3) is 0 Å². The van der Waals surface area contributed by atoms with Gasteiger partial charge in [-0.15, -0.1) is 5.10 Å². The molecule has 0 spiro atoms. The van der Waals surface area contributed by atoms with Crippen LogP contribution in [0.15, 0.2) is 21.0 Å². The van der Waals surface area contributed by atoms with E-state index in [1.54, 1.807) is 16.9 Å². The molecule has 0 amide bonds. The summed E-state index contributed by atoms with van der Waals surface area (Å²) in [5.74, 6) is 0. The van der Waals surface area contributed by atoms with Crippen LogP contribution in [0.4, 0.5) is 11.4 Å². The van der Waals surface area contributed by atoms with Crippen LogP contribution in [-0.4, -0.2) is 15.0 Å². The molecule has 1 aliphatic rings. The van der Waals surface area contributed by atoms with Crippen molar-refractivity contribution in [3.63, 3.8) is 0 Å². The number of benzene rings is 1. The summed E-state index contributed by atoms with van der Waals surface area (Å²) in [6.07, 6.45) is 3.60. The van der Waals surface area contributed by atoms with Gasteiger partial charge in [-0.2, -0.15) is 8.73 Å². The highest BCUT2D eigenvalue weighted by atomic mass is 35.5. The lowest BCUT2D eigenvalue weighted by Crippen LogP contribution is -2.10. The second-order valence-corrected chi connectivity index (χ2v) is 5.98. The van der Waals surface area contributed by atoms with Crippen LogP contribution in [0.1, 0.15) is 31.5 Å². The predicted molar refractivity (Wildman–Crippen MR) is 84.8 cm³/mol. The molecule has 1 atom stereocenters. The molecule has 1 unspecified atom stereocenters. The second kappa shape index (κ2) is 5.84. The van der Waals surface area contributed by atoms with Gasteiger partial charge in [0.1, 0.15) is 17.1 Å². The molecule has 1 aromatic carbocycles. The Balaban J connectivity index is 2.06. The van der Waals surface area contributed by atoms with Gasteiger partial charge < -0.3 is 5.73 Å². The van der Waals surface area contributed by atoms with Gasteiger partial charge in [0.15, 0.2) is 0 Å². The molecule has 9 heteroatoms. The lowest BCUT2D eigenvalue weighted by molar-refractivity contribution is 0.619. The van der Waals surface area contributed by atoms with Gasteiger partial charge in [-0.1, -0.05) is 41.8 Å². The zero-order valence-corrected chi connectivity index (χ0v) is 13.5. The number of nitrogens with zero attached hydrogens (tertiary/aromatic N) is 5. The van der Waals surface area contributed by atoms with E-state index in [0.29, 0.717) is 27.1 Å². The third kappa shape index (κ3) is 2.62. The molecular formula is C12H12Cl2N6S. The molecule has 2 aromatic rings. The highest BCUT2D eigenvalue weighted by Gasteiger charge is 2.21. The molecule has 0 saturated carbocycles. The van der Waals surface area contributed by atoms with Crippen molar-refractivity contribution >= 4 is 45.9 Å². The maximum absolute atomic E-state index is 6.28. The Kier molecular flexibility index (Phi) is 4.08. The molecule has 2 heterocycles. The Morgan fingerprint density at radius 3 is 2.81 bits per heavy atom. The van der Waals surface area contributed by atoms with Gasteiger partial charge in [0.05, 0.1) is 39.3 Å². The molecule has 6 nitrogen and oxygen atoms in total. The number of hydrogen-bond donors (Lipinski definition) is 1. The molecule has 0 aliphatic carbocycles. The normalized spacial score (nSPS) is 14.1. The summed E-state index contributed by atoms with van der Waals surface area (Å²) in [5.41, 5.74) is 8.61. The number of halogens is 2. The van der Waals surface area contributed by atoms with Gasteiger partial charge in [0.2, 0.25) is 0 Å². The first-order valence-corrected chi connectivity index (χ1v) is 7.89. The summed E-state index contributed by atoms with van der Waals surface area (Å²) in [4.78, 5) is 0. The van der Waals surface area contributed by atoms with Gasteiger partial charge >= 0.3 is 0 Å². The molecule has 110 valence electrons. The minimum absolute atomic E-state index is 0.140. The van der Waals surface area contributed by atoms with E-state index >= 15 is 0 Å². The van der Waals surface area contributed by atoms with Gasteiger partial charge in [-0.05, 0) is 12.5 Å². The SMILES string of the molecule is CCCC(N)c1cn(-c2c(Cl)cc(Cl)c3c2N=S=N3)nn1. The van der Waals surface area contributed by atoms with E-state index in [4.69, 9.17) is 28.9 Å². The first-order chi connectivity index (χ1) is 10.1.